The van der Waals surface area contributed by atoms with Crippen LogP contribution in [0.15, 0.2) is 0 Å². The zero-order valence-electron chi connectivity index (χ0n) is 7.68. The summed E-state index contributed by atoms with van der Waals surface area (Å²) in [6.07, 6.45) is -3.51. The average Bonchev–Trinajstić information content (AvgIpc) is 2.15. The molecule has 0 rings (SSSR count). The summed E-state index contributed by atoms with van der Waals surface area (Å²) in [5.74, 6) is -2.05. The van der Waals surface area contributed by atoms with E-state index >= 15 is 0 Å². The summed E-state index contributed by atoms with van der Waals surface area (Å²) in [5, 5.41) is 8.95. The van der Waals surface area contributed by atoms with Gasteiger partial charge in [0.05, 0.1) is 20.6 Å². The number of hydrogen-bond acceptors (Lipinski definition) is 7. The monoisotopic (exact) mass is 206 g/mol. The second kappa shape index (κ2) is 5.92. The van der Waals surface area contributed by atoms with Gasteiger partial charge in [0.2, 0.25) is 0 Å². The summed E-state index contributed by atoms with van der Waals surface area (Å²) in [4.78, 5) is 31.7. The molecule has 0 aromatic rings. The first-order chi connectivity index (χ1) is 6.51. The zero-order chi connectivity index (χ0) is 11.1. The maximum absolute atomic E-state index is 10.8. The number of ether oxygens (including phenoxy) is 3. The van der Waals surface area contributed by atoms with E-state index in [1.165, 1.54) is 0 Å². The molecule has 0 bridgehead atoms. The summed E-state index contributed by atoms with van der Waals surface area (Å²) in [7, 11) is 2.07. The summed E-state index contributed by atoms with van der Waals surface area (Å²) in [6, 6.07) is 0. The van der Waals surface area contributed by atoms with Crippen LogP contribution in [0.25, 0.3) is 0 Å². The number of aliphatic hydroxyl groups is 1. The quantitative estimate of drug-likeness (QED) is 0.477. The highest BCUT2D eigenvalue weighted by molar-refractivity contribution is 5.86. The number of rotatable bonds is 3. The van der Waals surface area contributed by atoms with Gasteiger partial charge in [-0.1, -0.05) is 0 Å². The maximum Gasteiger partial charge on any atom is 0.515 e. The third kappa shape index (κ3) is 4.41. The Morgan fingerprint density at radius 2 is 1.79 bits per heavy atom. The Bertz CT molecular complexity index is 234. The molecule has 0 unspecified atom stereocenters. The first-order valence-electron chi connectivity index (χ1n) is 3.55. The van der Waals surface area contributed by atoms with Crippen LogP contribution in [0, 0.1) is 0 Å². The number of hydrogen-bond donors (Lipinski definition) is 1. The lowest BCUT2D eigenvalue weighted by Gasteiger charge is -2.06. The van der Waals surface area contributed by atoms with Crippen molar-refractivity contribution in [1.82, 2.24) is 0 Å². The van der Waals surface area contributed by atoms with Crippen molar-refractivity contribution in [3.8, 4) is 0 Å². The SMILES string of the molecule is COC(=O)OC(=O)C[C@@H](O)C(=O)OC. The molecule has 0 aliphatic heterocycles. The Kier molecular flexibility index (Phi) is 5.23. The minimum absolute atomic E-state index is 0.665. The molecule has 0 saturated carbocycles. The Labute approximate surface area is 79.5 Å². The molecular weight excluding hydrogens is 196 g/mol. The lowest BCUT2D eigenvalue weighted by atomic mass is 10.2. The molecule has 14 heavy (non-hydrogen) atoms. The van der Waals surface area contributed by atoms with E-state index in [1.807, 2.05) is 0 Å². The topological polar surface area (TPSA) is 99.1 Å². The van der Waals surface area contributed by atoms with Gasteiger partial charge >= 0.3 is 18.1 Å². The van der Waals surface area contributed by atoms with E-state index in [-0.39, 0.29) is 0 Å². The fourth-order valence-corrected chi connectivity index (χ4v) is 0.554. The van der Waals surface area contributed by atoms with Gasteiger partial charge < -0.3 is 19.3 Å². The van der Waals surface area contributed by atoms with Crippen molar-refractivity contribution in [3.05, 3.63) is 0 Å². The second-order valence-corrected chi connectivity index (χ2v) is 2.17. The number of esters is 2. The maximum atomic E-state index is 10.8. The van der Waals surface area contributed by atoms with Crippen LogP contribution >= 0.6 is 0 Å². The van der Waals surface area contributed by atoms with Gasteiger partial charge in [-0.25, -0.2) is 9.59 Å². The van der Waals surface area contributed by atoms with Crippen molar-refractivity contribution >= 4 is 18.1 Å². The van der Waals surface area contributed by atoms with Crippen molar-refractivity contribution in [3.63, 3.8) is 0 Å². The van der Waals surface area contributed by atoms with Gasteiger partial charge in [-0.15, -0.1) is 0 Å². The second-order valence-electron chi connectivity index (χ2n) is 2.17. The van der Waals surface area contributed by atoms with Crippen LogP contribution in [0.1, 0.15) is 6.42 Å². The highest BCUT2D eigenvalue weighted by atomic mass is 16.7. The number of carbonyl (C=O) groups is 3. The lowest BCUT2D eigenvalue weighted by molar-refractivity contribution is -0.156. The number of aliphatic hydroxyl groups excluding tert-OH is 1. The Hall–Kier alpha value is -1.63. The van der Waals surface area contributed by atoms with E-state index in [4.69, 9.17) is 5.11 Å². The van der Waals surface area contributed by atoms with Gasteiger partial charge in [0.1, 0.15) is 0 Å². The summed E-state index contributed by atoms with van der Waals surface area (Å²) >= 11 is 0. The average molecular weight is 206 g/mol. The minimum Gasteiger partial charge on any atom is -0.467 e. The predicted molar refractivity (Wildman–Crippen MR) is 41.1 cm³/mol. The zero-order valence-corrected chi connectivity index (χ0v) is 7.68. The molecule has 7 nitrogen and oxygen atoms in total. The van der Waals surface area contributed by atoms with E-state index in [1.54, 1.807) is 0 Å². The van der Waals surface area contributed by atoms with Gasteiger partial charge in [0.15, 0.2) is 6.10 Å². The molecular formula is C7H10O7. The lowest BCUT2D eigenvalue weighted by Crippen LogP contribution is -2.26. The van der Waals surface area contributed by atoms with Gasteiger partial charge in [0.25, 0.3) is 0 Å². The molecule has 0 aromatic carbocycles. The Morgan fingerprint density at radius 1 is 1.21 bits per heavy atom. The van der Waals surface area contributed by atoms with Crippen LogP contribution in [-0.4, -0.2) is 43.5 Å². The van der Waals surface area contributed by atoms with Crippen LogP contribution < -0.4 is 0 Å². The first kappa shape index (κ1) is 12.4. The number of carbonyl (C=O) groups excluding carboxylic acids is 3. The summed E-state index contributed by atoms with van der Waals surface area (Å²) < 4.78 is 12.1. The van der Waals surface area contributed by atoms with Gasteiger partial charge in [-0.2, -0.15) is 0 Å². The third-order valence-electron chi connectivity index (χ3n) is 1.20. The van der Waals surface area contributed by atoms with Gasteiger partial charge in [-0.05, 0) is 0 Å². The fourth-order valence-electron chi connectivity index (χ4n) is 0.554. The third-order valence-corrected chi connectivity index (χ3v) is 1.20. The van der Waals surface area contributed by atoms with E-state index in [2.05, 4.69) is 14.2 Å². The predicted octanol–water partition coefficient (Wildman–Crippen LogP) is -0.780. The molecule has 1 N–H and O–H groups in total. The van der Waals surface area contributed by atoms with Crippen LogP contribution in [0.5, 0.6) is 0 Å². The summed E-state index contributed by atoms with van der Waals surface area (Å²) in [5.41, 5.74) is 0. The molecule has 0 amide bonds. The molecule has 0 radical (unpaired) electrons. The van der Waals surface area contributed by atoms with Crippen LogP contribution in [0.4, 0.5) is 4.79 Å². The van der Waals surface area contributed by atoms with E-state index < -0.39 is 30.6 Å². The molecule has 0 fully saturated rings. The van der Waals surface area contributed by atoms with Gasteiger partial charge in [0, 0.05) is 0 Å². The minimum atomic E-state index is -1.64. The Balaban J connectivity index is 3.94. The van der Waals surface area contributed by atoms with Gasteiger partial charge in [-0.3, -0.25) is 4.79 Å². The van der Waals surface area contributed by atoms with Crippen molar-refractivity contribution in [2.24, 2.45) is 0 Å². The van der Waals surface area contributed by atoms with Crippen molar-refractivity contribution in [1.29, 1.82) is 0 Å². The highest BCUT2D eigenvalue weighted by Gasteiger charge is 2.22. The summed E-state index contributed by atoms with van der Waals surface area (Å²) in [6.45, 7) is 0. The molecule has 0 spiro atoms. The fraction of sp³-hybridized carbons (Fsp3) is 0.571. The number of methoxy groups -OCH3 is 2. The van der Waals surface area contributed by atoms with Crippen molar-refractivity contribution in [2.45, 2.75) is 12.5 Å². The van der Waals surface area contributed by atoms with E-state index in [9.17, 15) is 14.4 Å². The molecule has 7 heteroatoms. The standard InChI is InChI=1S/C7H10O7/c1-12-6(10)4(8)3-5(9)14-7(11)13-2/h4,8H,3H2,1-2H3/t4-/m1/s1. The highest BCUT2D eigenvalue weighted by Crippen LogP contribution is 1.98. The van der Waals surface area contributed by atoms with E-state index in [0.717, 1.165) is 14.2 Å². The van der Waals surface area contributed by atoms with Crippen LogP contribution in [0.2, 0.25) is 0 Å². The largest absolute Gasteiger partial charge is 0.515 e. The van der Waals surface area contributed by atoms with Crippen molar-refractivity contribution in [2.75, 3.05) is 14.2 Å². The van der Waals surface area contributed by atoms with E-state index in [0.29, 0.717) is 0 Å². The van der Waals surface area contributed by atoms with Crippen LogP contribution in [-0.2, 0) is 23.8 Å². The molecule has 0 aliphatic rings. The molecule has 0 aliphatic carbocycles. The molecule has 0 saturated heterocycles. The molecule has 0 heterocycles. The molecule has 0 aromatic heterocycles. The first-order valence-corrected chi connectivity index (χ1v) is 3.55. The molecule has 1 atom stereocenters. The smallest absolute Gasteiger partial charge is 0.467 e. The van der Waals surface area contributed by atoms with Crippen molar-refractivity contribution < 1.29 is 33.7 Å². The Morgan fingerprint density at radius 3 is 2.21 bits per heavy atom. The van der Waals surface area contributed by atoms with Crippen LogP contribution in [0.3, 0.4) is 0 Å². The normalized spacial score (nSPS) is 11.4. The molecule has 80 valence electrons.